The smallest absolute Gasteiger partial charge is 0.145 e. The topological polar surface area (TPSA) is 48.1 Å². The molecule has 0 radical (unpaired) electrons. The van der Waals surface area contributed by atoms with E-state index in [4.69, 9.17) is 10.5 Å². The van der Waals surface area contributed by atoms with Gasteiger partial charge in [0.2, 0.25) is 0 Å². The molecule has 2 rings (SSSR count). The third-order valence-electron chi connectivity index (χ3n) is 2.38. The van der Waals surface area contributed by atoms with Crippen molar-refractivity contribution in [2.45, 2.75) is 19.4 Å². The Labute approximate surface area is 105 Å². The molecule has 0 aliphatic heterocycles. The molecule has 0 aliphatic carbocycles. The van der Waals surface area contributed by atoms with Crippen molar-refractivity contribution in [1.29, 1.82) is 0 Å². The highest BCUT2D eigenvalue weighted by molar-refractivity contribution is 5.31. The molecule has 0 saturated carbocycles. The third kappa shape index (κ3) is 3.53. The summed E-state index contributed by atoms with van der Waals surface area (Å²) < 4.78 is 18.3. The van der Waals surface area contributed by atoms with Crippen molar-refractivity contribution in [1.82, 2.24) is 4.98 Å². The molecule has 1 heterocycles. The highest BCUT2D eigenvalue weighted by Gasteiger charge is 2.02. The Morgan fingerprint density at radius 2 is 1.94 bits per heavy atom. The molecule has 0 aliphatic rings. The number of hydrogen-bond donors (Lipinski definition) is 1. The predicted molar refractivity (Wildman–Crippen MR) is 68.1 cm³/mol. The van der Waals surface area contributed by atoms with Crippen molar-refractivity contribution < 1.29 is 9.13 Å². The maximum Gasteiger partial charge on any atom is 0.145 e. The maximum atomic E-state index is 12.8. The second kappa shape index (κ2) is 5.60. The number of hydrogen-bond acceptors (Lipinski definition) is 3. The van der Waals surface area contributed by atoms with Crippen molar-refractivity contribution in [3.05, 3.63) is 54.1 Å². The van der Waals surface area contributed by atoms with Gasteiger partial charge in [0.05, 0.1) is 6.20 Å². The molecule has 94 valence electrons. The zero-order chi connectivity index (χ0) is 13.0. The lowest BCUT2D eigenvalue weighted by Gasteiger charge is -2.08. The van der Waals surface area contributed by atoms with Crippen molar-refractivity contribution in [3.8, 4) is 11.5 Å². The minimum absolute atomic E-state index is 0.0767. The first kappa shape index (κ1) is 12.5. The number of nitrogens with zero attached hydrogens (tertiary/aromatic N) is 1. The monoisotopic (exact) mass is 246 g/mol. The average Bonchev–Trinajstić information content (AvgIpc) is 2.32. The lowest BCUT2D eigenvalue weighted by molar-refractivity contribution is 0.477. The fraction of sp³-hybridized carbons (Fsp3) is 0.214. The Balaban J connectivity index is 2.11. The standard InChI is InChI=1S/C14H15FN2O/c1-10(16)6-11-7-14(9-17-8-11)18-13-4-2-12(15)3-5-13/h2-5,7-10H,6,16H2,1H3. The molecular formula is C14H15FN2O. The number of aromatic nitrogens is 1. The lowest BCUT2D eigenvalue weighted by atomic mass is 10.1. The fourth-order valence-corrected chi connectivity index (χ4v) is 1.64. The largest absolute Gasteiger partial charge is 0.456 e. The van der Waals surface area contributed by atoms with E-state index in [1.54, 1.807) is 24.5 Å². The van der Waals surface area contributed by atoms with E-state index in [0.29, 0.717) is 11.5 Å². The van der Waals surface area contributed by atoms with E-state index < -0.39 is 0 Å². The van der Waals surface area contributed by atoms with Crippen LogP contribution < -0.4 is 10.5 Å². The summed E-state index contributed by atoms with van der Waals surface area (Å²) in [6.07, 6.45) is 4.13. The van der Waals surface area contributed by atoms with E-state index in [0.717, 1.165) is 12.0 Å². The minimum Gasteiger partial charge on any atom is -0.456 e. The Hall–Kier alpha value is -1.94. The van der Waals surface area contributed by atoms with E-state index >= 15 is 0 Å². The first-order valence-corrected chi connectivity index (χ1v) is 5.76. The average molecular weight is 246 g/mol. The summed E-state index contributed by atoms with van der Waals surface area (Å²) in [7, 11) is 0. The summed E-state index contributed by atoms with van der Waals surface area (Å²) in [4.78, 5) is 4.10. The van der Waals surface area contributed by atoms with Gasteiger partial charge in [-0.1, -0.05) is 0 Å². The van der Waals surface area contributed by atoms with Gasteiger partial charge in [-0.15, -0.1) is 0 Å². The molecule has 18 heavy (non-hydrogen) atoms. The number of rotatable bonds is 4. The van der Waals surface area contributed by atoms with Crippen LogP contribution in [-0.4, -0.2) is 11.0 Å². The molecule has 0 fully saturated rings. The number of benzene rings is 1. The molecule has 0 spiro atoms. The summed E-state index contributed by atoms with van der Waals surface area (Å²) >= 11 is 0. The van der Waals surface area contributed by atoms with Gasteiger partial charge in [-0.25, -0.2) is 4.39 Å². The highest BCUT2D eigenvalue weighted by Crippen LogP contribution is 2.21. The number of pyridine rings is 1. The molecule has 4 heteroatoms. The van der Waals surface area contributed by atoms with Gasteiger partial charge in [0.15, 0.2) is 0 Å². The molecule has 1 aromatic heterocycles. The van der Waals surface area contributed by atoms with Crippen molar-refractivity contribution in [2.24, 2.45) is 5.73 Å². The van der Waals surface area contributed by atoms with Gasteiger partial charge in [0.1, 0.15) is 17.3 Å². The van der Waals surface area contributed by atoms with E-state index in [1.807, 2.05) is 13.0 Å². The van der Waals surface area contributed by atoms with Crippen LogP contribution in [-0.2, 0) is 6.42 Å². The van der Waals surface area contributed by atoms with Crippen LogP contribution in [0.1, 0.15) is 12.5 Å². The lowest BCUT2D eigenvalue weighted by Crippen LogP contribution is -2.17. The second-order valence-electron chi connectivity index (χ2n) is 4.27. The van der Waals surface area contributed by atoms with Crippen LogP contribution in [0.2, 0.25) is 0 Å². The molecule has 2 N–H and O–H groups in total. The minimum atomic E-state index is -0.286. The summed E-state index contributed by atoms with van der Waals surface area (Å²) in [5, 5.41) is 0. The fourth-order valence-electron chi connectivity index (χ4n) is 1.64. The van der Waals surface area contributed by atoms with Crippen LogP contribution >= 0.6 is 0 Å². The normalized spacial score (nSPS) is 12.2. The number of halogens is 1. The van der Waals surface area contributed by atoms with Crippen molar-refractivity contribution in [3.63, 3.8) is 0 Å². The van der Waals surface area contributed by atoms with Crippen molar-refractivity contribution >= 4 is 0 Å². The van der Waals surface area contributed by atoms with E-state index in [-0.39, 0.29) is 11.9 Å². The molecular weight excluding hydrogens is 231 g/mol. The van der Waals surface area contributed by atoms with E-state index in [2.05, 4.69) is 4.98 Å². The van der Waals surface area contributed by atoms with Gasteiger partial charge in [0, 0.05) is 12.2 Å². The quantitative estimate of drug-likeness (QED) is 0.902. The van der Waals surface area contributed by atoms with Gasteiger partial charge >= 0.3 is 0 Å². The van der Waals surface area contributed by atoms with Crippen LogP contribution in [0.3, 0.4) is 0 Å². The van der Waals surface area contributed by atoms with Crippen molar-refractivity contribution in [2.75, 3.05) is 0 Å². The van der Waals surface area contributed by atoms with Gasteiger partial charge in [-0.3, -0.25) is 4.98 Å². The molecule has 3 nitrogen and oxygen atoms in total. The van der Waals surface area contributed by atoms with E-state index in [9.17, 15) is 4.39 Å². The predicted octanol–water partition coefficient (Wildman–Crippen LogP) is 2.90. The molecule has 1 unspecified atom stereocenters. The zero-order valence-corrected chi connectivity index (χ0v) is 10.1. The van der Waals surface area contributed by atoms with Crippen LogP contribution in [0.15, 0.2) is 42.7 Å². The summed E-state index contributed by atoms with van der Waals surface area (Å²) in [6, 6.07) is 7.83. The molecule has 1 aromatic carbocycles. The number of nitrogens with two attached hydrogens (primary N) is 1. The van der Waals surface area contributed by atoms with Crippen LogP contribution in [0.5, 0.6) is 11.5 Å². The summed E-state index contributed by atoms with van der Waals surface area (Å²) in [5.41, 5.74) is 6.75. The molecule has 0 amide bonds. The first-order valence-electron chi connectivity index (χ1n) is 5.76. The summed E-state index contributed by atoms with van der Waals surface area (Å²) in [5.74, 6) is 0.919. The van der Waals surface area contributed by atoms with Gasteiger partial charge in [-0.05, 0) is 49.2 Å². The Morgan fingerprint density at radius 3 is 2.61 bits per heavy atom. The Bertz CT molecular complexity index is 511. The first-order chi connectivity index (χ1) is 8.63. The Morgan fingerprint density at radius 1 is 1.22 bits per heavy atom. The second-order valence-corrected chi connectivity index (χ2v) is 4.27. The number of ether oxygens (including phenoxy) is 1. The molecule has 0 bridgehead atoms. The molecule has 2 aromatic rings. The van der Waals surface area contributed by atoms with Crippen LogP contribution in [0, 0.1) is 5.82 Å². The van der Waals surface area contributed by atoms with Gasteiger partial charge in [-0.2, -0.15) is 0 Å². The van der Waals surface area contributed by atoms with Crippen LogP contribution in [0.4, 0.5) is 4.39 Å². The van der Waals surface area contributed by atoms with Gasteiger partial charge in [0.25, 0.3) is 0 Å². The van der Waals surface area contributed by atoms with Crippen LogP contribution in [0.25, 0.3) is 0 Å². The molecule has 0 saturated heterocycles. The zero-order valence-electron chi connectivity index (χ0n) is 10.1. The third-order valence-corrected chi connectivity index (χ3v) is 2.38. The Kier molecular flexibility index (Phi) is 3.89. The summed E-state index contributed by atoms with van der Waals surface area (Å²) in [6.45, 7) is 1.94. The maximum absolute atomic E-state index is 12.8. The van der Waals surface area contributed by atoms with E-state index in [1.165, 1.54) is 12.1 Å². The SMILES string of the molecule is CC(N)Cc1cncc(Oc2ccc(F)cc2)c1. The van der Waals surface area contributed by atoms with Gasteiger partial charge < -0.3 is 10.5 Å². The highest BCUT2D eigenvalue weighted by atomic mass is 19.1. The molecule has 1 atom stereocenters.